The highest BCUT2D eigenvalue weighted by Gasteiger charge is 2.32. The van der Waals surface area contributed by atoms with Crippen molar-refractivity contribution in [2.45, 2.75) is 32.7 Å². The molecule has 16 heavy (non-hydrogen) atoms. The molecule has 1 N–H and O–H groups in total. The summed E-state index contributed by atoms with van der Waals surface area (Å²) in [5.74, 6) is 0. The van der Waals surface area contributed by atoms with Crippen LogP contribution in [0.25, 0.3) is 0 Å². The summed E-state index contributed by atoms with van der Waals surface area (Å²) in [4.78, 5) is 2.48. The Labute approximate surface area is 98.7 Å². The molecular weight excluding hydrogens is 196 g/mol. The molecule has 1 aromatic carbocycles. The van der Waals surface area contributed by atoms with Crippen LogP contribution < -0.4 is 10.2 Å². The van der Waals surface area contributed by atoms with E-state index in [4.69, 9.17) is 0 Å². The number of benzene rings is 1. The van der Waals surface area contributed by atoms with Crippen LogP contribution in [0.4, 0.5) is 5.69 Å². The first-order chi connectivity index (χ1) is 7.54. The van der Waals surface area contributed by atoms with Crippen LogP contribution in [0.15, 0.2) is 18.2 Å². The molecule has 1 aliphatic heterocycles. The van der Waals surface area contributed by atoms with E-state index in [0.717, 1.165) is 13.1 Å². The van der Waals surface area contributed by atoms with Gasteiger partial charge in [0, 0.05) is 24.3 Å². The lowest BCUT2D eigenvalue weighted by atomic mass is 10.0. The van der Waals surface area contributed by atoms with Gasteiger partial charge in [0.05, 0.1) is 0 Å². The Hall–Kier alpha value is -1.02. The van der Waals surface area contributed by atoms with Gasteiger partial charge in [0.25, 0.3) is 0 Å². The minimum Gasteiger partial charge on any atom is -0.370 e. The zero-order valence-electron chi connectivity index (χ0n) is 10.8. The Morgan fingerprint density at radius 2 is 2.00 bits per heavy atom. The second kappa shape index (κ2) is 4.10. The third-order valence-electron chi connectivity index (χ3n) is 3.93. The summed E-state index contributed by atoms with van der Waals surface area (Å²) in [5, 5.41) is 3.42. The average Bonchev–Trinajstić information content (AvgIpc) is 2.66. The molecule has 88 valence electrons. The lowest BCUT2D eigenvalue weighted by molar-refractivity contribution is 0.428. The molecule has 1 atom stereocenters. The van der Waals surface area contributed by atoms with Crippen molar-refractivity contribution in [1.29, 1.82) is 0 Å². The third kappa shape index (κ3) is 2.07. The van der Waals surface area contributed by atoms with Crippen LogP contribution in [0, 0.1) is 13.8 Å². The van der Waals surface area contributed by atoms with Crippen LogP contribution in [0.1, 0.15) is 24.5 Å². The van der Waals surface area contributed by atoms with Crippen molar-refractivity contribution in [3.8, 4) is 0 Å². The van der Waals surface area contributed by atoms with E-state index in [2.05, 4.69) is 56.2 Å². The van der Waals surface area contributed by atoms with Gasteiger partial charge in [-0.15, -0.1) is 0 Å². The monoisotopic (exact) mass is 218 g/mol. The predicted molar refractivity (Wildman–Crippen MR) is 70.2 cm³/mol. The summed E-state index contributed by atoms with van der Waals surface area (Å²) in [6.45, 7) is 8.91. The zero-order valence-corrected chi connectivity index (χ0v) is 10.8. The van der Waals surface area contributed by atoms with E-state index in [9.17, 15) is 0 Å². The maximum atomic E-state index is 3.42. The Bertz CT molecular complexity index is 386. The van der Waals surface area contributed by atoms with Gasteiger partial charge in [-0.2, -0.15) is 0 Å². The van der Waals surface area contributed by atoms with Crippen LogP contribution in [0.5, 0.6) is 0 Å². The summed E-state index contributed by atoms with van der Waals surface area (Å²) in [7, 11) is 2.06. The van der Waals surface area contributed by atoms with E-state index in [1.165, 1.54) is 23.2 Å². The highest BCUT2D eigenvalue weighted by Crippen LogP contribution is 2.27. The SMILES string of the molecule is CNC1(C)CCN(c2ccc(C)c(C)c2)C1. The summed E-state index contributed by atoms with van der Waals surface area (Å²) >= 11 is 0. The van der Waals surface area contributed by atoms with E-state index in [1.807, 2.05) is 0 Å². The van der Waals surface area contributed by atoms with Gasteiger partial charge in [0.2, 0.25) is 0 Å². The molecule has 0 bridgehead atoms. The number of rotatable bonds is 2. The molecule has 0 spiro atoms. The number of hydrogen-bond acceptors (Lipinski definition) is 2. The maximum Gasteiger partial charge on any atom is 0.0369 e. The predicted octanol–water partition coefficient (Wildman–Crippen LogP) is 2.49. The van der Waals surface area contributed by atoms with Crippen molar-refractivity contribution in [3.05, 3.63) is 29.3 Å². The first kappa shape index (κ1) is 11.5. The molecule has 0 aromatic heterocycles. The van der Waals surface area contributed by atoms with Crippen LogP contribution in [-0.4, -0.2) is 25.7 Å². The van der Waals surface area contributed by atoms with Crippen LogP contribution in [-0.2, 0) is 0 Å². The van der Waals surface area contributed by atoms with Crippen LogP contribution in [0.3, 0.4) is 0 Å². The van der Waals surface area contributed by atoms with Crippen LogP contribution in [0.2, 0.25) is 0 Å². The van der Waals surface area contributed by atoms with Crippen molar-refractivity contribution in [1.82, 2.24) is 5.32 Å². The fourth-order valence-electron chi connectivity index (χ4n) is 2.31. The van der Waals surface area contributed by atoms with E-state index in [0.29, 0.717) is 0 Å². The molecule has 0 radical (unpaired) electrons. The maximum absolute atomic E-state index is 3.42. The summed E-state index contributed by atoms with van der Waals surface area (Å²) < 4.78 is 0. The second-order valence-electron chi connectivity index (χ2n) is 5.25. The van der Waals surface area contributed by atoms with Gasteiger partial charge in [-0.25, -0.2) is 0 Å². The summed E-state index contributed by atoms with van der Waals surface area (Å²) in [5.41, 5.74) is 4.40. The lowest BCUT2D eigenvalue weighted by Crippen LogP contribution is -2.42. The Morgan fingerprint density at radius 3 is 2.56 bits per heavy atom. The first-order valence-electron chi connectivity index (χ1n) is 6.05. The first-order valence-corrected chi connectivity index (χ1v) is 6.05. The van der Waals surface area contributed by atoms with E-state index >= 15 is 0 Å². The largest absolute Gasteiger partial charge is 0.370 e. The Morgan fingerprint density at radius 1 is 1.25 bits per heavy atom. The van der Waals surface area contributed by atoms with E-state index in [1.54, 1.807) is 0 Å². The molecule has 2 heteroatoms. The molecule has 1 saturated heterocycles. The molecule has 1 aromatic rings. The molecule has 0 amide bonds. The lowest BCUT2D eigenvalue weighted by Gasteiger charge is -2.25. The molecule has 1 unspecified atom stereocenters. The van der Waals surface area contributed by atoms with Crippen molar-refractivity contribution in [2.24, 2.45) is 0 Å². The van der Waals surface area contributed by atoms with Gasteiger partial charge in [-0.3, -0.25) is 0 Å². The van der Waals surface area contributed by atoms with Gasteiger partial charge in [-0.05, 0) is 57.5 Å². The standard InChI is InChI=1S/C14H22N2/c1-11-5-6-13(9-12(11)2)16-8-7-14(3,10-16)15-4/h5-6,9,15H,7-8,10H2,1-4H3. The highest BCUT2D eigenvalue weighted by atomic mass is 15.2. The molecule has 2 rings (SSSR count). The number of nitrogens with zero attached hydrogens (tertiary/aromatic N) is 1. The number of aryl methyl sites for hydroxylation is 2. The summed E-state index contributed by atoms with van der Waals surface area (Å²) in [6.07, 6.45) is 1.22. The molecule has 2 nitrogen and oxygen atoms in total. The molecule has 0 aliphatic carbocycles. The zero-order chi connectivity index (χ0) is 11.8. The average molecular weight is 218 g/mol. The van der Waals surface area contributed by atoms with Gasteiger partial charge in [-0.1, -0.05) is 6.07 Å². The van der Waals surface area contributed by atoms with E-state index in [-0.39, 0.29) is 5.54 Å². The molecule has 1 fully saturated rings. The molecular formula is C14H22N2. The smallest absolute Gasteiger partial charge is 0.0369 e. The Kier molecular flexibility index (Phi) is 2.94. The van der Waals surface area contributed by atoms with Crippen LogP contribution >= 0.6 is 0 Å². The Balaban J connectivity index is 2.17. The summed E-state index contributed by atoms with van der Waals surface area (Å²) in [6, 6.07) is 6.76. The van der Waals surface area contributed by atoms with Gasteiger partial charge < -0.3 is 10.2 Å². The topological polar surface area (TPSA) is 15.3 Å². The number of hydrogen-bond donors (Lipinski definition) is 1. The quantitative estimate of drug-likeness (QED) is 0.820. The number of nitrogens with one attached hydrogen (secondary N) is 1. The minimum absolute atomic E-state index is 0.277. The molecule has 1 heterocycles. The molecule has 0 saturated carbocycles. The van der Waals surface area contributed by atoms with Crippen molar-refractivity contribution in [3.63, 3.8) is 0 Å². The number of anilines is 1. The highest BCUT2D eigenvalue weighted by molar-refractivity contribution is 5.52. The molecule has 1 aliphatic rings. The van der Waals surface area contributed by atoms with Crippen molar-refractivity contribution >= 4 is 5.69 Å². The number of likely N-dealkylation sites (N-methyl/N-ethyl adjacent to an activating group) is 1. The second-order valence-corrected chi connectivity index (χ2v) is 5.25. The fourth-order valence-corrected chi connectivity index (χ4v) is 2.31. The van der Waals surface area contributed by atoms with Crippen molar-refractivity contribution in [2.75, 3.05) is 25.0 Å². The normalized spacial score (nSPS) is 25.1. The van der Waals surface area contributed by atoms with Crippen molar-refractivity contribution < 1.29 is 0 Å². The van der Waals surface area contributed by atoms with Gasteiger partial charge in [0.1, 0.15) is 0 Å². The van der Waals surface area contributed by atoms with E-state index < -0.39 is 0 Å². The third-order valence-corrected chi connectivity index (χ3v) is 3.93. The van der Waals surface area contributed by atoms with Gasteiger partial charge in [0.15, 0.2) is 0 Å². The minimum atomic E-state index is 0.277. The van der Waals surface area contributed by atoms with Gasteiger partial charge >= 0.3 is 0 Å². The fraction of sp³-hybridized carbons (Fsp3) is 0.571.